The van der Waals surface area contributed by atoms with Gasteiger partial charge in [0, 0.05) is 29.6 Å². The number of rotatable bonds is 8. The van der Waals surface area contributed by atoms with Gasteiger partial charge in [0.2, 0.25) is 0 Å². The molecule has 186 valence electrons. The van der Waals surface area contributed by atoms with Gasteiger partial charge in [0.05, 0.1) is 15.4 Å². The predicted molar refractivity (Wildman–Crippen MR) is 132 cm³/mol. The van der Waals surface area contributed by atoms with Crippen molar-refractivity contribution >= 4 is 38.8 Å². The second-order valence-corrected chi connectivity index (χ2v) is 11.7. The van der Waals surface area contributed by atoms with Gasteiger partial charge in [-0.1, -0.05) is 29.8 Å². The van der Waals surface area contributed by atoms with Gasteiger partial charge in [-0.15, -0.1) is 11.3 Å². The van der Waals surface area contributed by atoms with Crippen molar-refractivity contribution in [2.75, 3.05) is 4.72 Å². The summed E-state index contributed by atoms with van der Waals surface area (Å²) in [5.41, 5.74) is 2.49. The van der Waals surface area contributed by atoms with Gasteiger partial charge in [0.25, 0.3) is 16.4 Å². The smallest absolute Gasteiger partial charge is 0.263 e. The number of piperidine rings is 1. The number of nitrogens with one attached hydrogen (secondary N) is 1. The van der Waals surface area contributed by atoms with Crippen LogP contribution in [0.4, 0.5) is 14.6 Å². The Morgan fingerprint density at radius 1 is 1.17 bits per heavy atom. The van der Waals surface area contributed by atoms with Gasteiger partial charge in [-0.3, -0.25) is 9.62 Å². The maximum absolute atomic E-state index is 13.1. The predicted octanol–water partition coefficient (Wildman–Crippen LogP) is 6.11. The Morgan fingerprint density at radius 2 is 1.94 bits per heavy atom. The topological polar surface area (TPSA) is 71.5 Å². The Hall–Kier alpha value is -2.27. The molecule has 0 amide bonds. The van der Waals surface area contributed by atoms with Gasteiger partial charge in [-0.2, -0.15) is 0 Å². The molecule has 11 heteroatoms. The van der Waals surface area contributed by atoms with E-state index in [-0.39, 0.29) is 27.4 Å². The standard InChI is InChI=1S/C24H24ClF2N3O3S2/c25-21-11-20(35(31,32)29-23-13-34-14-28-23)6-7-22(21)33-19-9-17-4-5-18(10-19)30(17)12-15-2-1-3-16(8-15)24(26)27/h1-3,6-8,11,13-14,17-19,24,29H,4-5,9-10,12H2/t17-,18+,19?. The SMILES string of the molecule is O=S(=O)(Nc1cscn1)c1ccc(OC2C[C@H]3CC[C@@H](C2)N3Cc2cccc(C(F)F)c2)c(Cl)c1. The molecular formula is C24H24ClF2N3O3S2. The quantitative estimate of drug-likeness (QED) is 0.374. The highest BCUT2D eigenvalue weighted by Crippen LogP contribution is 2.39. The molecule has 0 aliphatic carbocycles. The maximum Gasteiger partial charge on any atom is 0.263 e. The van der Waals surface area contributed by atoms with Crippen LogP contribution in [0.15, 0.2) is 58.3 Å². The van der Waals surface area contributed by atoms with Crippen LogP contribution < -0.4 is 9.46 Å². The Balaban J connectivity index is 1.23. The second kappa shape index (κ2) is 10.0. The lowest BCUT2D eigenvalue weighted by Crippen LogP contribution is -2.45. The van der Waals surface area contributed by atoms with Crippen molar-refractivity contribution in [3.63, 3.8) is 0 Å². The number of halogens is 3. The minimum atomic E-state index is -3.81. The number of thiazole rings is 1. The molecule has 1 aromatic heterocycles. The first-order valence-corrected chi connectivity index (χ1v) is 14.1. The number of fused-ring (bicyclic) bond motifs is 2. The Bertz CT molecular complexity index is 1280. The minimum Gasteiger partial charge on any atom is -0.489 e. The fraction of sp³-hybridized carbons (Fsp3) is 0.375. The summed E-state index contributed by atoms with van der Waals surface area (Å²) in [6.07, 6.45) is 1.14. The molecule has 1 unspecified atom stereocenters. The molecular weight excluding hydrogens is 516 g/mol. The average Bonchev–Trinajstić information content (AvgIpc) is 3.40. The third-order valence-corrected chi connectivity index (χ3v) is 8.82. The van der Waals surface area contributed by atoms with E-state index in [4.69, 9.17) is 16.3 Å². The molecule has 2 aromatic carbocycles. The average molecular weight is 540 g/mol. The third-order valence-electron chi connectivity index (χ3n) is 6.59. The van der Waals surface area contributed by atoms with Gasteiger partial charge >= 0.3 is 0 Å². The van der Waals surface area contributed by atoms with Crippen LogP contribution >= 0.6 is 22.9 Å². The lowest BCUT2D eigenvalue weighted by atomic mass is 9.98. The second-order valence-electron chi connectivity index (χ2n) is 8.89. The van der Waals surface area contributed by atoms with Crippen LogP contribution in [0.3, 0.4) is 0 Å². The first-order chi connectivity index (χ1) is 16.8. The zero-order valence-electron chi connectivity index (χ0n) is 18.6. The summed E-state index contributed by atoms with van der Waals surface area (Å²) < 4.78 is 60.0. The Morgan fingerprint density at radius 3 is 2.60 bits per heavy atom. The molecule has 3 atom stereocenters. The van der Waals surface area contributed by atoms with E-state index in [9.17, 15) is 17.2 Å². The van der Waals surface area contributed by atoms with Crippen LogP contribution in [0.1, 0.15) is 43.2 Å². The van der Waals surface area contributed by atoms with Crippen molar-refractivity contribution in [2.24, 2.45) is 0 Å². The molecule has 6 nitrogen and oxygen atoms in total. The molecule has 2 aliphatic rings. The number of anilines is 1. The molecule has 0 saturated carbocycles. The summed E-state index contributed by atoms with van der Waals surface area (Å²) in [5, 5.41) is 1.83. The number of sulfonamides is 1. The molecule has 35 heavy (non-hydrogen) atoms. The first kappa shape index (κ1) is 24.4. The largest absolute Gasteiger partial charge is 0.489 e. The third kappa shape index (κ3) is 5.45. The summed E-state index contributed by atoms with van der Waals surface area (Å²) in [5.74, 6) is 0.705. The summed E-state index contributed by atoms with van der Waals surface area (Å²) >= 11 is 7.69. The van der Waals surface area contributed by atoms with E-state index in [2.05, 4.69) is 14.6 Å². The van der Waals surface area contributed by atoms with Crippen molar-refractivity contribution in [3.05, 3.63) is 69.5 Å². The number of hydrogen-bond acceptors (Lipinski definition) is 6. The number of aromatic nitrogens is 1. The number of ether oxygens (including phenoxy) is 1. The summed E-state index contributed by atoms with van der Waals surface area (Å²) in [4.78, 5) is 6.37. The molecule has 1 N–H and O–H groups in total. The fourth-order valence-electron chi connectivity index (χ4n) is 5.00. The highest BCUT2D eigenvalue weighted by atomic mass is 35.5. The van der Waals surface area contributed by atoms with Gasteiger partial charge < -0.3 is 4.74 Å². The molecule has 2 aliphatic heterocycles. The highest BCUT2D eigenvalue weighted by Gasteiger charge is 2.41. The molecule has 2 saturated heterocycles. The number of nitrogens with zero attached hydrogens (tertiary/aromatic N) is 2. The normalized spacial score (nSPS) is 22.5. The zero-order chi connectivity index (χ0) is 24.6. The number of benzene rings is 2. The van der Waals surface area contributed by atoms with E-state index in [1.54, 1.807) is 29.1 Å². The van der Waals surface area contributed by atoms with Crippen molar-refractivity contribution < 1.29 is 21.9 Å². The van der Waals surface area contributed by atoms with Gasteiger partial charge in [-0.05, 0) is 55.5 Å². The van der Waals surface area contributed by atoms with E-state index in [0.29, 0.717) is 24.4 Å². The molecule has 3 aromatic rings. The van der Waals surface area contributed by atoms with Gasteiger partial charge in [0.15, 0.2) is 5.82 Å². The maximum atomic E-state index is 13.1. The molecule has 2 fully saturated rings. The van der Waals surface area contributed by atoms with Crippen LogP contribution in [0.5, 0.6) is 5.75 Å². The van der Waals surface area contributed by atoms with Gasteiger partial charge in [0.1, 0.15) is 11.9 Å². The molecule has 0 radical (unpaired) electrons. The van der Waals surface area contributed by atoms with E-state index < -0.39 is 16.4 Å². The van der Waals surface area contributed by atoms with Crippen LogP contribution in [-0.2, 0) is 16.6 Å². The van der Waals surface area contributed by atoms with Crippen molar-refractivity contribution in [2.45, 2.75) is 61.7 Å². The van der Waals surface area contributed by atoms with E-state index in [1.165, 1.54) is 29.5 Å². The van der Waals surface area contributed by atoms with Crippen LogP contribution in [0.2, 0.25) is 5.02 Å². The summed E-state index contributed by atoms with van der Waals surface area (Å²) in [6.45, 7) is 0.641. The Labute approximate surface area is 211 Å². The van der Waals surface area contributed by atoms with Crippen molar-refractivity contribution in [3.8, 4) is 5.75 Å². The Kier molecular flexibility index (Phi) is 6.98. The van der Waals surface area contributed by atoms with E-state index in [0.717, 1.165) is 31.2 Å². The first-order valence-electron chi connectivity index (χ1n) is 11.3. The van der Waals surface area contributed by atoms with Crippen molar-refractivity contribution in [1.82, 2.24) is 9.88 Å². The monoisotopic (exact) mass is 539 g/mol. The number of hydrogen-bond donors (Lipinski definition) is 1. The number of alkyl halides is 2. The van der Waals surface area contributed by atoms with Crippen LogP contribution in [0.25, 0.3) is 0 Å². The summed E-state index contributed by atoms with van der Waals surface area (Å²) in [6, 6.07) is 11.7. The lowest BCUT2D eigenvalue weighted by molar-refractivity contribution is 0.0445. The molecule has 2 bridgehead atoms. The molecule has 3 heterocycles. The molecule has 5 rings (SSSR count). The fourth-order valence-corrected chi connectivity index (χ4v) is 6.87. The van der Waals surface area contributed by atoms with E-state index >= 15 is 0 Å². The lowest BCUT2D eigenvalue weighted by Gasteiger charge is -2.39. The van der Waals surface area contributed by atoms with Gasteiger partial charge in [-0.25, -0.2) is 22.2 Å². The van der Waals surface area contributed by atoms with Crippen LogP contribution in [-0.4, -0.2) is 36.5 Å². The van der Waals surface area contributed by atoms with Crippen molar-refractivity contribution in [1.29, 1.82) is 0 Å². The minimum absolute atomic E-state index is 0.0313. The zero-order valence-corrected chi connectivity index (χ0v) is 21.0. The van der Waals surface area contributed by atoms with Crippen LogP contribution in [0, 0.1) is 0 Å². The van der Waals surface area contributed by atoms with E-state index in [1.807, 2.05) is 6.07 Å². The highest BCUT2D eigenvalue weighted by molar-refractivity contribution is 7.92. The summed E-state index contributed by atoms with van der Waals surface area (Å²) in [7, 11) is -3.81. The molecule has 0 spiro atoms.